The van der Waals surface area contributed by atoms with Gasteiger partial charge in [-0.05, 0) is 48.7 Å². The Bertz CT molecular complexity index is 616. The second-order valence-electron chi connectivity index (χ2n) is 4.91. The lowest BCUT2D eigenvalue weighted by Gasteiger charge is -2.15. The molecule has 0 bridgehead atoms. The minimum atomic E-state index is -0.263. The van der Waals surface area contributed by atoms with Crippen LogP contribution in [0.3, 0.4) is 0 Å². The van der Waals surface area contributed by atoms with E-state index in [1.165, 1.54) is 6.07 Å². The monoisotopic (exact) mass is 287 g/mol. The maximum absolute atomic E-state index is 13.2. The molecule has 0 aliphatic heterocycles. The Morgan fingerprint density at radius 1 is 1.29 bits per heavy atom. The quantitative estimate of drug-likeness (QED) is 0.908. The van der Waals surface area contributed by atoms with Gasteiger partial charge in [-0.15, -0.1) is 0 Å². The highest BCUT2D eigenvalue weighted by atomic mass is 19.1. The fraction of sp³-hybridized carbons (Fsp3) is 0.250. The van der Waals surface area contributed by atoms with Crippen LogP contribution in [-0.4, -0.2) is 11.0 Å². The maximum Gasteiger partial charge on any atom is 0.315 e. The summed E-state index contributed by atoms with van der Waals surface area (Å²) in [7, 11) is 0. The number of carbonyl (C=O) groups is 1. The summed E-state index contributed by atoms with van der Waals surface area (Å²) in [5, 5.41) is 5.60. The molecular formula is C16H18FN3O. The molecule has 2 aromatic rings. The van der Waals surface area contributed by atoms with E-state index in [2.05, 4.69) is 15.6 Å². The first-order valence-electron chi connectivity index (χ1n) is 6.75. The van der Waals surface area contributed by atoms with Gasteiger partial charge in [0.2, 0.25) is 0 Å². The zero-order valence-corrected chi connectivity index (χ0v) is 12.1. The van der Waals surface area contributed by atoms with Gasteiger partial charge in [-0.3, -0.25) is 4.98 Å². The lowest BCUT2D eigenvalue weighted by Crippen LogP contribution is -2.36. The van der Waals surface area contributed by atoms with Gasteiger partial charge in [0.1, 0.15) is 5.82 Å². The zero-order chi connectivity index (χ0) is 15.2. The van der Waals surface area contributed by atoms with E-state index in [1.807, 2.05) is 19.1 Å². The van der Waals surface area contributed by atoms with Crippen LogP contribution in [0.15, 0.2) is 42.7 Å². The van der Waals surface area contributed by atoms with Crippen molar-refractivity contribution in [3.8, 4) is 0 Å². The van der Waals surface area contributed by atoms with Crippen molar-refractivity contribution in [2.24, 2.45) is 0 Å². The summed E-state index contributed by atoms with van der Waals surface area (Å²) in [5.41, 5.74) is 2.42. The fourth-order valence-corrected chi connectivity index (χ4v) is 1.98. The first-order chi connectivity index (χ1) is 10.1. The third kappa shape index (κ3) is 4.27. The SMILES string of the molecule is Cc1cc(CNC(=O)NC(C)c2ccncc2)ccc1F. The standard InChI is InChI=1S/C16H18FN3O/c1-11-9-13(3-4-15(11)17)10-19-16(21)20-12(2)14-5-7-18-8-6-14/h3-9,12H,10H2,1-2H3,(H2,19,20,21). The molecule has 0 radical (unpaired) electrons. The Morgan fingerprint density at radius 2 is 2.00 bits per heavy atom. The molecule has 0 fully saturated rings. The highest BCUT2D eigenvalue weighted by molar-refractivity contribution is 5.74. The predicted octanol–water partition coefficient (Wildman–Crippen LogP) is 3.09. The molecule has 2 N–H and O–H groups in total. The molecule has 1 unspecified atom stereocenters. The molecule has 1 heterocycles. The molecule has 0 aliphatic carbocycles. The number of nitrogens with one attached hydrogen (secondary N) is 2. The molecule has 0 aliphatic rings. The third-order valence-electron chi connectivity index (χ3n) is 3.23. The van der Waals surface area contributed by atoms with E-state index in [-0.39, 0.29) is 17.9 Å². The molecule has 0 spiro atoms. The van der Waals surface area contributed by atoms with Crippen LogP contribution in [0.25, 0.3) is 0 Å². The van der Waals surface area contributed by atoms with Gasteiger partial charge in [-0.1, -0.05) is 12.1 Å². The normalized spacial score (nSPS) is 11.8. The molecule has 0 saturated heterocycles. The van der Waals surface area contributed by atoms with Crippen LogP contribution < -0.4 is 10.6 Å². The minimum Gasteiger partial charge on any atom is -0.334 e. The van der Waals surface area contributed by atoms with Gasteiger partial charge in [0.15, 0.2) is 0 Å². The van der Waals surface area contributed by atoms with Gasteiger partial charge in [-0.2, -0.15) is 0 Å². The number of pyridine rings is 1. The largest absolute Gasteiger partial charge is 0.334 e. The zero-order valence-electron chi connectivity index (χ0n) is 12.1. The molecule has 0 saturated carbocycles. The summed E-state index contributed by atoms with van der Waals surface area (Å²) >= 11 is 0. The van der Waals surface area contributed by atoms with E-state index in [4.69, 9.17) is 0 Å². The number of aromatic nitrogens is 1. The number of urea groups is 1. The van der Waals surface area contributed by atoms with Crippen LogP contribution in [0.2, 0.25) is 0 Å². The van der Waals surface area contributed by atoms with Crippen molar-refractivity contribution in [2.45, 2.75) is 26.4 Å². The molecule has 4 nitrogen and oxygen atoms in total. The minimum absolute atomic E-state index is 0.108. The maximum atomic E-state index is 13.2. The Morgan fingerprint density at radius 3 is 2.67 bits per heavy atom. The van der Waals surface area contributed by atoms with Crippen LogP contribution in [0.1, 0.15) is 29.7 Å². The molecule has 1 aromatic carbocycles. The third-order valence-corrected chi connectivity index (χ3v) is 3.23. The summed E-state index contributed by atoms with van der Waals surface area (Å²) in [6.07, 6.45) is 3.37. The lowest BCUT2D eigenvalue weighted by atomic mass is 10.1. The van der Waals surface area contributed by atoms with Crippen LogP contribution >= 0.6 is 0 Å². The summed E-state index contributed by atoms with van der Waals surface area (Å²) in [4.78, 5) is 15.8. The Labute approximate surface area is 123 Å². The average molecular weight is 287 g/mol. The van der Waals surface area contributed by atoms with Crippen molar-refractivity contribution >= 4 is 6.03 Å². The second-order valence-corrected chi connectivity index (χ2v) is 4.91. The number of aryl methyl sites for hydroxylation is 1. The molecule has 110 valence electrons. The van der Waals surface area contributed by atoms with Gasteiger partial charge in [-0.25, -0.2) is 9.18 Å². The number of amides is 2. The molecule has 21 heavy (non-hydrogen) atoms. The summed E-state index contributed by atoms with van der Waals surface area (Å²) in [6, 6.07) is 8.13. The number of benzene rings is 1. The summed E-state index contributed by atoms with van der Waals surface area (Å²) in [6.45, 7) is 3.96. The molecule has 1 atom stereocenters. The van der Waals surface area contributed by atoms with Crippen molar-refractivity contribution in [2.75, 3.05) is 0 Å². The summed E-state index contributed by atoms with van der Waals surface area (Å²) in [5.74, 6) is -0.241. The van der Waals surface area contributed by atoms with Gasteiger partial charge in [0.25, 0.3) is 0 Å². The number of rotatable bonds is 4. The van der Waals surface area contributed by atoms with Gasteiger partial charge in [0.05, 0.1) is 6.04 Å². The van der Waals surface area contributed by atoms with Crippen molar-refractivity contribution in [1.29, 1.82) is 0 Å². The van der Waals surface area contributed by atoms with Gasteiger partial charge < -0.3 is 10.6 Å². The molecule has 2 amide bonds. The predicted molar refractivity (Wildman–Crippen MR) is 79.2 cm³/mol. The number of carbonyl (C=O) groups excluding carboxylic acids is 1. The molecule has 5 heteroatoms. The summed E-state index contributed by atoms with van der Waals surface area (Å²) < 4.78 is 13.2. The van der Waals surface area contributed by atoms with Crippen molar-refractivity contribution < 1.29 is 9.18 Å². The van der Waals surface area contributed by atoms with Crippen LogP contribution in [-0.2, 0) is 6.54 Å². The van der Waals surface area contributed by atoms with Crippen LogP contribution in [0.5, 0.6) is 0 Å². The molecular weight excluding hydrogens is 269 g/mol. The van der Waals surface area contributed by atoms with Gasteiger partial charge in [0, 0.05) is 18.9 Å². The Hall–Kier alpha value is -2.43. The van der Waals surface area contributed by atoms with Gasteiger partial charge >= 0.3 is 6.03 Å². The highest BCUT2D eigenvalue weighted by Crippen LogP contribution is 2.10. The fourth-order valence-electron chi connectivity index (χ4n) is 1.98. The van der Waals surface area contributed by atoms with Crippen LogP contribution in [0, 0.1) is 12.7 Å². The van der Waals surface area contributed by atoms with E-state index < -0.39 is 0 Å². The van der Waals surface area contributed by atoms with Crippen molar-refractivity contribution in [3.05, 3.63) is 65.2 Å². The highest BCUT2D eigenvalue weighted by Gasteiger charge is 2.09. The first-order valence-corrected chi connectivity index (χ1v) is 6.75. The molecule has 2 rings (SSSR count). The smallest absolute Gasteiger partial charge is 0.315 e. The van der Waals surface area contributed by atoms with E-state index >= 15 is 0 Å². The topological polar surface area (TPSA) is 54.0 Å². The molecule has 1 aromatic heterocycles. The van der Waals surface area contributed by atoms with E-state index in [9.17, 15) is 9.18 Å². The van der Waals surface area contributed by atoms with Crippen LogP contribution in [0.4, 0.5) is 9.18 Å². The number of halogens is 1. The Kier molecular flexibility index (Phi) is 4.87. The van der Waals surface area contributed by atoms with Crippen molar-refractivity contribution in [1.82, 2.24) is 15.6 Å². The van der Waals surface area contributed by atoms with E-state index in [1.54, 1.807) is 31.5 Å². The van der Waals surface area contributed by atoms with Crippen molar-refractivity contribution in [3.63, 3.8) is 0 Å². The van der Waals surface area contributed by atoms with E-state index in [0.717, 1.165) is 11.1 Å². The Balaban J connectivity index is 1.86. The average Bonchev–Trinajstić information content (AvgIpc) is 2.49. The number of nitrogens with zero attached hydrogens (tertiary/aromatic N) is 1. The second kappa shape index (κ2) is 6.83. The lowest BCUT2D eigenvalue weighted by molar-refractivity contribution is 0.237. The van der Waals surface area contributed by atoms with E-state index in [0.29, 0.717) is 12.1 Å². The first kappa shape index (κ1) is 15.0. The number of hydrogen-bond donors (Lipinski definition) is 2. The number of hydrogen-bond acceptors (Lipinski definition) is 2.